The van der Waals surface area contributed by atoms with E-state index in [9.17, 15) is 18.6 Å². The third-order valence-electron chi connectivity index (χ3n) is 2.70. The van der Waals surface area contributed by atoms with E-state index < -0.39 is 33.9 Å². The van der Waals surface area contributed by atoms with Crippen LogP contribution in [0.5, 0.6) is 0 Å². The van der Waals surface area contributed by atoms with Crippen molar-refractivity contribution in [3.8, 4) is 0 Å². The average Bonchev–Trinajstić information content (AvgIpc) is 2.36. The van der Waals surface area contributed by atoms with Crippen molar-refractivity contribution in [1.29, 1.82) is 0 Å². The highest BCUT2D eigenvalue weighted by Gasteiger charge is 2.22. The van der Waals surface area contributed by atoms with Crippen LogP contribution in [0.2, 0.25) is 0 Å². The van der Waals surface area contributed by atoms with Gasteiger partial charge in [0.15, 0.2) is 9.84 Å². The van der Waals surface area contributed by atoms with Crippen LogP contribution in [-0.4, -0.2) is 41.7 Å². The van der Waals surface area contributed by atoms with E-state index in [1.165, 1.54) is 24.3 Å². The summed E-state index contributed by atoms with van der Waals surface area (Å²) in [5.41, 5.74) is 0.262. The highest BCUT2D eigenvalue weighted by molar-refractivity contribution is 7.92. The lowest BCUT2D eigenvalue weighted by atomic mass is 10.1. The van der Waals surface area contributed by atoms with Crippen molar-refractivity contribution in [3.63, 3.8) is 0 Å². The Morgan fingerprint density at radius 3 is 2.33 bits per heavy atom. The van der Waals surface area contributed by atoms with Crippen LogP contribution in [0.1, 0.15) is 25.5 Å². The van der Waals surface area contributed by atoms with Crippen LogP contribution in [0.4, 0.5) is 0 Å². The standard InChI is InChI=1S/C12H18O5S/c1-8(2)18(16,17)10-5-3-4-9(6-10)12(15)11(14)7-13/h3-6,8,11-15H,7H2,1-2H3. The zero-order valence-electron chi connectivity index (χ0n) is 10.3. The van der Waals surface area contributed by atoms with E-state index in [0.29, 0.717) is 0 Å². The van der Waals surface area contributed by atoms with E-state index in [1.54, 1.807) is 13.8 Å². The molecule has 2 atom stereocenters. The fourth-order valence-corrected chi connectivity index (χ4v) is 2.58. The van der Waals surface area contributed by atoms with Crippen molar-refractivity contribution in [2.45, 2.75) is 36.2 Å². The highest BCUT2D eigenvalue weighted by Crippen LogP contribution is 2.22. The lowest BCUT2D eigenvalue weighted by molar-refractivity contribution is -0.0153. The average molecular weight is 274 g/mol. The highest BCUT2D eigenvalue weighted by atomic mass is 32.2. The van der Waals surface area contributed by atoms with Crippen LogP contribution < -0.4 is 0 Å². The molecule has 102 valence electrons. The molecule has 0 amide bonds. The maximum Gasteiger partial charge on any atom is 0.180 e. The van der Waals surface area contributed by atoms with Gasteiger partial charge in [-0.3, -0.25) is 0 Å². The molecule has 0 spiro atoms. The van der Waals surface area contributed by atoms with Crippen molar-refractivity contribution in [1.82, 2.24) is 0 Å². The van der Waals surface area contributed by atoms with Crippen LogP contribution in [0.25, 0.3) is 0 Å². The summed E-state index contributed by atoms with van der Waals surface area (Å²) in [6.45, 7) is 2.55. The Hall–Kier alpha value is -0.950. The minimum absolute atomic E-state index is 0.0965. The fourth-order valence-electron chi connectivity index (χ4n) is 1.47. The normalized spacial score (nSPS) is 15.7. The summed E-state index contributed by atoms with van der Waals surface area (Å²) >= 11 is 0. The van der Waals surface area contributed by atoms with Gasteiger partial charge in [0.25, 0.3) is 0 Å². The molecule has 0 aromatic heterocycles. The van der Waals surface area contributed by atoms with Gasteiger partial charge in [0.1, 0.15) is 12.2 Å². The summed E-state index contributed by atoms with van der Waals surface area (Å²) in [6.07, 6.45) is -2.64. The topological polar surface area (TPSA) is 94.8 Å². The smallest absolute Gasteiger partial charge is 0.180 e. The van der Waals surface area contributed by atoms with Crippen LogP contribution in [0.15, 0.2) is 29.2 Å². The Morgan fingerprint density at radius 1 is 1.22 bits per heavy atom. The quantitative estimate of drug-likeness (QED) is 0.715. The second-order valence-corrected chi connectivity index (χ2v) is 6.87. The second kappa shape index (κ2) is 5.79. The molecule has 1 rings (SSSR count). The van der Waals surface area contributed by atoms with Crippen molar-refractivity contribution in [2.75, 3.05) is 6.61 Å². The van der Waals surface area contributed by atoms with Crippen molar-refractivity contribution in [3.05, 3.63) is 29.8 Å². The van der Waals surface area contributed by atoms with Gasteiger partial charge >= 0.3 is 0 Å². The molecule has 0 aliphatic rings. The number of benzene rings is 1. The van der Waals surface area contributed by atoms with Crippen molar-refractivity contribution >= 4 is 9.84 Å². The Bertz CT molecular complexity index is 495. The molecule has 18 heavy (non-hydrogen) atoms. The summed E-state index contributed by atoms with van der Waals surface area (Å²) < 4.78 is 23.9. The molecule has 0 aliphatic heterocycles. The lowest BCUT2D eigenvalue weighted by Crippen LogP contribution is -2.22. The fraction of sp³-hybridized carbons (Fsp3) is 0.500. The first-order valence-electron chi connectivity index (χ1n) is 5.61. The molecular formula is C12H18O5S. The van der Waals surface area contributed by atoms with Crippen LogP contribution in [0, 0.1) is 0 Å². The summed E-state index contributed by atoms with van der Waals surface area (Å²) in [6, 6.07) is 5.76. The van der Waals surface area contributed by atoms with E-state index in [2.05, 4.69) is 0 Å². The van der Waals surface area contributed by atoms with Gasteiger partial charge in [-0.15, -0.1) is 0 Å². The van der Waals surface area contributed by atoms with E-state index in [1.807, 2.05) is 0 Å². The van der Waals surface area contributed by atoms with Gasteiger partial charge in [-0.05, 0) is 31.5 Å². The summed E-state index contributed by atoms with van der Waals surface area (Å²) in [5.74, 6) is 0. The molecule has 0 radical (unpaired) electrons. The third-order valence-corrected chi connectivity index (χ3v) is 4.85. The maximum atomic E-state index is 12.0. The molecule has 0 fully saturated rings. The zero-order chi connectivity index (χ0) is 13.9. The van der Waals surface area contributed by atoms with Crippen molar-refractivity contribution < 1.29 is 23.7 Å². The van der Waals surface area contributed by atoms with E-state index >= 15 is 0 Å². The molecule has 1 aromatic rings. The monoisotopic (exact) mass is 274 g/mol. The Morgan fingerprint density at radius 2 is 1.83 bits per heavy atom. The van der Waals surface area contributed by atoms with Gasteiger partial charge in [-0.25, -0.2) is 8.42 Å². The predicted molar refractivity (Wildman–Crippen MR) is 66.8 cm³/mol. The Kier molecular flexibility index (Phi) is 4.86. The van der Waals surface area contributed by atoms with Gasteiger partial charge in [0, 0.05) is 0 Å². The van der Waals surface area contributed by atoms with E-state index in [-0.39, 0.29) is 10.5 Å². The first kappa shape index (κ1) is 15.1. The predicted octanol–water partition coefficient (Wildman–Crippen LogP) is 0.255. The minimum Gasteiger partial charge on any atom is -0.394 e. The second-order valence-electron chi connectivity index (χ2n) is 4.36. The van der Waals surface area contributed by atoms with Gasteiger partial charge in [0.2, 0.25) is 0 Å². The first-order valence-corrected chi connectivity index (χ1v) is 7.16. The molecule has 5 nitrogen and oxygen atoms in total. The number of rotatable bonds is 5. The number of hydrogen-bond acceptors (Lipinski definition) is 5. The third kappa shape index (κ3) is 3.08. The largest absolute Gasteiger partial charge is 0.394 e. The number of aliphatic hydroxyl groups is 3. The molecule has 0 aliphatic carbocycles. The van der Waals surface area contributed by atoms with Crippen LogP contribution in [0.3, 0.4) is 0 Å². The molecule has 0 saturated carbocycles. The number of aliphatic hydroxyl groups excluding tert-OH is 3. The number of sulfone groups is 1. The molecule has 2 unspecified atom stereocenters. The molecule has 3 N–H and O–H groups in total. The zero-order valence-corrected chi connectivity index (χ0v) is 11.1. The molecule has 0 saturated heterocycles. The van der Waals surface area contributed by atoms with Crippen molar-refractivity contribution in [2.24, 2.45) is 0 Å². The molecule has 0 heterocycles. The SMILES string of the molecule is CC(C)S(=O)(=O)c1cccc(C(O)C(O)CO)c1. The van der Waals surface area contributed by atoms with Gasteiger partial charge in [-0.1, -0.05) is 12.1 Å². The molecular weight excluding hydrogens is 256 g/mol. The molecule has 6 heteroatoms. The Balaban J connectivity index is 3.15. The maximum absolute atomic E-state index is 12.0. The summed E-state index contributed by atoms with van der Waals surface area (Å²) in [5, 5.41) is 27.2. The Labute approximate surface area is 107 Å². The molecule has 0 bridgehead atoms. The summed E-state index contributed by atoms with van der Waals surface area (Å²) in [7, 11) is -3.42. The minimum atomic E-state index is -3.42. The number of hydrogen-bond donors (Lipinski definition) is 3. The van der Waals surface area contributed by atoms with Gasteiger partial charge in [-0.2, -0.15) is 0 Å². The first-order chi connectivity index (χ1) is 8.30. The van der Waals surface area contributed by atoms with E-state index in [0.717, 1.165) is 0 Å². The van der Waals surface area contributed by atoms with Gasteiger partial charge in [0.05, 0.1) is 16.8 Å². The van der Waals surface area contributed by atoms with E-state index in [4.69, 9.17) is 5.11 Å². The van der Waals surface area contributed by atoms with Crippen LogP contribution >= 0.6 is 0 Å². The lowest BCUT2D eigenvalue weighted by Gasteiger charge is -2.17. The summed E-state index contributed by atoms with van der Waals surface area (Å²) in [4.78, 5) is 0.0965. The van der Waals surface area contributed by atoms with Gasteiger partial charge < -0.3 is 15.3 Å². The van der Waals surface area contributed by atoms with Crippen LogP contribution in [-0.2, 0) is 9.84 Å². The molecule has 1 aromatic carbocycles.